The van der Waals surface area contributed by atoms with Gasteiger partial charge in [-0.3, -0.25) is 0 Å². The molecule has 0 spiro atoms. The molecule has 1 atom stereocenters. The van der Waals surface area contributed by atoms with Gasteiger partial charge in [0.1, 0.15) is 0 Å². The lowest BCUT2D eigenvalue weighted by molar-refractivity contribution is 0.448. The zero-order valence-electron chi connectivity index (χ0n) is 8.98. The van der Waals surface area contributed by atoms with Crippen molar-refractivity contribution in [2.24, 2.45) is 11.7 Å². The van der Waals surface area contributed by atoms with E-state index in [4.69, 9.17) is 5.73 Å². The SMILES string of the molecule is CCCNS(=O)(=O)N1CCC(CN)C1.Cl. The summed E-state index contributed by atoms with van der Waals surface area (Å²) in [5.41, 5.74) is 5.50. The fourth-order valence-corrected chi connectivity index (χ4v) is 2.93. The first-order valence-electron chi connectivity index (χ1n) is 5.05. The van der Waals surface area contributed by atoms with Crippen LogP contribution in [-0.2, 0) is 10.2 Å². The highest BCUT2D eigenvalue weighted by atomic mass is 35.5. The molecule has 0 aliphatic carbocycles. The van der Waals surface area contributed by atoms with Crippen LogP contribution >= 0.6 is 12.4 Å². The molecular weight excluding hydrogens is 238 g/mol. The molecule has 1 saturated heterocycles. The largest absolute Gasteiger partial charge is 0.330 e. The number of nitrogens with two attached hydrogens (primary N) is 1. The monoisotopic (exact) mass is 257 g/mol. The van der Waals surface area contributed by atoms with Crippen molar-refractivity contribution in [3.8, 4) is 0 Å². The van der Waals surface area contributed by atoms with Gasteiger partial charge in [0.2, 0.25) is 0 Å². The van der Waals surface area contributed by atoms with Crippen molar-refractivity contribution in [3.05, 3.63) is 0 Å². The summed E-state index contributed by atoms with van der Waals surface area (Å²) < 4.78 is 27.3. The number of nitrogens with one attached hydrogen (secondary N) is 1. The van der Waals surface area contributed by atoms with Crippen LogP contribution in [0.2, 0.25) is 0 Å². The normalized spacial score (nSPS) is 22.7. The molecule has 0 aromatic carbocycles. The zero-order valence-corrected chi connectivity index (χ0v) is 10.6. The van der Waals surface area contributed by atoms with E-state index in [2.05, 4.69) is 4.72 Å². The summed E-state index contributed by atoms with van der Waals surface area (Å²) in [5, 5.41) is 0. The third-order valence-electron chi connectivity index (χ3n) is 2.46. The smallest absolute Gasteiger partial charge is 0.279 e. The van der Waals surface area contributed by atoms with Gasteiger partial charge in [-0.15, -0.1) is 12.4 Å². The van der Waals surface area contributed by atoms with Crippen LogP contribution in [-0.4, -0.2) is 38.9 Å². The highest BCUT2D eigenvalue weighted by Gasteiger charge is 2.29. The van der Waals surface area contributed by atoms with Crippen molar-refractivity contribution in [1.29, 1.82) is 0 Å². The lowest BCUT2D eigenvalue weighted by Gasteiger charge is -2.16. The fraction of sp³-hybridized carbons (Fsp3) is 1.00. The molecular formula is C8H20ClN3O2S. The lowest BCUT2D eigenvalue weighted by atomic mass is 10.1. The second-order valence-electron chi connectivity index (χ2n) is 3.65. The fourth-order valence-electron chi connectivity index (χ4n) is 1.53. The Kier molecular flexibility index (Phi) is 6.70. The molecule has 0 aromatic rings. The Labute approximate surface area is 98.0 Å². The molecule has 0 aromatic heterocycles. The van der Waals surface area contributed by atoms with Crippen molar-refractivity contribution >= 4 is 22.6 Å². The minimum Gasteiger partial charge on any atom is -0.330 e. The molecule has 92 valence electrons. The third-order valence-corrected chi connectivity index (χ3v) is 4.04. The summed E-state index contributed by atoms with van der Waals surface area (Å²) in [6.45, 7) is 4.18. The Balaban J connectivity index is 0.00000196. The molecule has 15 heavy (non-hydrogen) atoms. The van der Waals surface area contributed by atoms with E-state index in [1.54, 1.807) is 0 Å². The minimum atomic E-state index is -3.24. The molecule has 5 nitrogen and oxygen atoms in total. The highest BCUT2D eigenvalue weighted by molar-refractivity contribution is 7.87. The molecule has 0 amide bonds. The average Bonchev–Trinajstić information content (AvgIpc) is 2.63. The molecule has 1 aliphatic rings. The first-order chi connectivity index (χ1) is 6.60. The van der Waals surface area contributed by atoms with Gasteiger partial charge < -0.3 is 5.73 Å². The zero-order chi connectivity index (χ0) is 10.6. The van der Waals surface area contributed by atoms with Crippen molar-refractivity contribution in [2.75, 3.05) is 26.2 Å². The van der Waals surface area contributed by atoms with E-state index in [0.717, 1.165) is 12.8 Å². The summed E-state index contributed by atoms with van der Waals surface area (Å²) in [6, 6.07) is 0. The molecule has 1 aliphatic heterocycles. The van der Waals surface area contributed by atoms with Crippen LogP contribution in [0.5, 0.6) is 0 Å². The molecule has 7 heteroatoms. The van der Waals surface area contributed by atoms with Crippen molar-refractivity contribution in [1.82, 2.24) is 9.03 Å². The predicted molar refractivity (Wildman–Crippen MR) is 63.2 cm³/mol. The van der Waals surface area contributed by atoms with E-state index in [9.17, 15) is 8.42 Å². The van der Waals surface area contributed by atoms with Crippen molar-refractivity contribution < 1.29 is 8.42 Å². The van der Waals surface area contributed by atoms with Crippen LogP contribution in [0.4, 0.5) is 0 Å². The molecule has 1 heterocycles. The number of rotatable bonds is 5. The van der Waals surface area contributed by atoms with E-state index < -0.39 is 10.2 Å². The van der Waals surface area contributed by atoms with Crippen LogP contribution in [0, 0.1) is 5.92 Å². The second-order valence-corrected chi connectivity index (χ2v) is 5.40. The Morgan fingerprint density at radius 3 is 2.67 bits per heavy atom. The Morgan fingerprint density at radius 2 is 2.20 bits per heavy atom. The molecule has 1 fully saturated rings. The topological polar surface area (TPSA) is 75.4 Å². The second kappa shape index (κ2) is 6.65. The molecule has 0 radical (unpaired) electrons. The van der Waals surface area contributed by atoms with E-state index in [0.29, 0.717) is 32.1 Å². The summed E-state index contributed by atoms with van der Waals surface area (Å²) in [7, 11) is -3.24. The molecule has 1 rings (SSSR count). The van der Waals surface area contributed by atoms with Crippen molar-refractivity contribution in [2.45, 2.75) is 19.8 Å². The van der Waals surface area contributed by atoms with Gasteiger partial charge in [0.25, 0.3) is 10.2 Å². The number of hydrogen-bond donors (Lipinski definition) is 2. The van der Waals surface area contributed by atoms with Gasteiger partial charge in [0.15, 0.2) is 0 Å². The van der Waals surface area contributed by atoms with Crippen LogP contribution < -0.4 is 10.5 Å². The maximum Gasteiger partial charge on any atom is 0.279 e. The van der Waals surface area contributed by atoms with Crippen LogP contribution in [0.15, 0.2) is 0 Å². The standard InChI is InChI=1S/C8H19N3O2S.ClH/c1-2-4-10-14(12,13)11-5-3-8(6-9)7-11;/h8,10H,2-7,9H2,1H3;1H. The highest BCUT2D eigenvalue weighted by Crippen LogP contribution is 2.17. The maximum atomic E-state index is 11.6. The number of nitrogens with zero attached hydrogens (tertiary/aromatic N) is 1. The van der Waals surface area contributed by atoms with Crippen LogP contribution in [0.3, 0.4) is 0 Å². The van der Waals surface area contributed by atoms with Gasteiger partial charge in [-0.25, -0.2) is 4.72 Å². The van der Waals surface area contributed by atoms with E-state index in [1.165, 1.54) is 4.31 Å². The third kappa shape index (κ3) is 4.24. The number of halogens is 1. The summed E-state index contributed by atoms with van der Waals surface area (Å²) >= 11 is 0. The van der Waals surface area contributed by atoms with Gasteiger partial charge in [-0.2, -0.15) is 12.7 Å². The van der Waals surface area contributed by atoms with E-state index in [1.807, 2.05) is 6.92 Å². The average molecular weight is 258 g/mol. The first-order valence-corrected chi connectivity index (χ1v) is 6.49. The Hall–Kier alpha value is 0.120. The Bertz CT molecular complexity index is 271. The van der Waals surface area contributed by atoms with Gasteiger partial charge in [0, 0.05) is 19.6 Å². The first kappa shape index (κ1) is 15.1. The van der Waals surface area contributed by atoms with Gasteiger partial charge >= 0.3 is 0 Å². The number of hydrogen-bond acceptors (Lipinski definition) is 3. The van der Waals surface area contributed by atoms with E-state index in [-0.39, 0.29) is 12.4 Å². The quantitative estimate of drug-likeness (QED) is 0.724. The molecule has 1 unspecified atom stereocenters. The van der Waals surface area contributed by atoms with Crippen molar-refractivity contribution in [3.63, 3.8) is 0 Å². The maximum absolute atomic E-state index is 11.6. The summed E-state index contributed by atoms with van der Waals surface area (Å²) in [5.74, 6) is 0.327. The van der Waals surface area contributed by atoms with Crippen LogP contribution in [0.1, 0.15) is 19.8 Å². The summed E-state index contributed by atoms with van der Waals surface area (Å²) in [4.78, 5) is 0. The van der Waals surface area contributed by atoms with Gasteiger partial charge in [0.05, 0.1) is 0 Å². The lowest BCUT2D eigenvalue weighted by Crippen LogP contribution is -2.40. The van der Waals surface area contributed by atoms with Gasteiger partial charge in [-0.1, -0.05) is 6.92 Å². The molecule has 0 saturated carbocycles. The minimum absolute atomic E-state index is 0. The molecule has 0 bridgehead atoms. The van der Waals surface area contributed by atoms with Crippen LogP contribution in [0.25, 0.3) is 0 Å². The predicted octanol–water partition coefficient (Wildman–Crippen LogP) is -0.0668. The molecule has 3 N–H and O–H groups in total. The van der Waals surface area contributed by atoms with Gasteiger partial charge in [-0.05, 0) is 25.3 Å². The Morgan fingerprint density at radius 1 is 1.53 bits per heavy atom. The summed E-state index contributed by atoms with van der Waals surface area (Å²) in [6.07, 6.45) is 1.69. The van der Waals surface area contributed by atoms with E-state index >= 15 is 0 Å².